The molecule has 2 aromatic rings. The summed E-state index contributed by atoms with van der Waals surface area (Å²) in [6.45, 7) is 5.98. The first kappa shape index (κ1) is 10.0. The van der Waals surface area contributed by atoms with Crippen LogP contribution in [-0.2, 0) is 4.74 Å². The molecule has 5 heteroatoms. The van der Waals surface area contributed by atoms with Crippen LogP contribution in [0, 0.1) is 0 Å². The van der Waals surface area contributed by atoms with E-state index in [4.69, 9.17) is 4.74 Å². The van der Waals surface area contributed by atoms with Crippen LogP contribution in [0.2, 0.25) is 0 Å². The molecule has 1 atom stereocenters. The predicted octanol–water partition coefficient (Wildman–Crippen LogP) is 1.77. The van der Waals surface area contributed by atoms with E-state index in [1.807, 2.05) is 25.3 Å². The lowest BCUT2D eigenvalue weighted by atomic mass is 10.4. The fourth-order valence-corrected chi connectivity index (χ4v) is 1.51. The van der Waals surface area contributed by atoms with Gasteiger partial charge in [-0.3, -0.25) is 4.57 Å². The van der Waals surface area contributed by atoms with E-state index in [0.29, 0.717) is 0 Å². The number of hydrogen-bond acceptors (Lipinski definition) is 4. The monoisotopic (exact) mass is 206 g/mol. The van der Waals surface area contributed by atoms with E-state index in [-0.39, 0.29) is 12.3 Å². The van der Waals surface area contributed by atoms with Gasteiger partial charge >= 0.3 is 0 Å². The Labute approximate surface area is 88.1 Å². The van der Waals surface area contributed by atoms with Gasteiger partial charge in [0.1, 0.15) is 18.1 Å². The molecule has 0 aromatic carbocycles. The highest BCUT2D eigenvalue weighted by molar-refractivity contribution is 5.68. The molecule has 0 aliphatic carbocycles. The molecule has 2 rings (SSSR count). The molecular weight excluding hydrogens is 192 g/mol. The lowest BCUT2D eigenvalue weighted by Gasteiger charge is -2.17. The highest BCUT2D eigenvalue weighted by Gasteiger charge is 2.11. The van der Waals surface area contributed by atoms with Crippen molar-refractivity contribution in [3.63, 3.8) is 0 Å². The van der Waals surface area contributed by atoms with Crippen molar-refractivity contribution >= 4 is 11.2 Å². The minimum Gasteiger partial charge on any atom is -0.356 e. The molecule has 0 aliphatic heterocycles. The maximum Gasteiger partial charge on any atom is 0.165 e. The fourth-order valence-electron chi connectivity index (χ4n) is 1.51. The van der Waals surface area contributed by atoms with E-state index in [1.54, 1.807) is 12.5 Å². The van der Waals surface area contributed by atoms with Crippen LogP contribution in [0.1, 0.15) is 27.0 Å². The van der Waals surface area contributed by atoms with Crippen LogP contribution in [0.15, 0.2) is 18.9 Å². The highest BCUT2D eigenvalue weighted by atomic mass is 16.5. The number of hydrogen-bond donors (Lipinski definition) is 0. The second-order valence-corrected chi connectivity index (χ2v) is 3.67. The molecule has 0 aliphatic rings. The van der Waals surface area contributed by atoms with Gasteiger partial charge in [0.15, 0.2) is 5.65 Å². The van der Waals surface area contributed by atoms with E-state index in [9.17, 15) is 0 Å². The molecule has 2 aromatic heterocycles. The minimum atomic E-state index is -0.0649. The average Bonchev–Trinajstić information content (AvgIpc) is 2.59. The Morgan fingerprint density at radius 1 is 1.27 bits per heavy atom. The van der Waals surface area contributed by atoms with Crippen LogP contribution in [0.4, 0.5) is 0 Å². The Balaban J connectivity index is 2.35. The van der Waals surface area contributed by atoms with Crippen LogP contribution in [0.25, 0.3) is 11.2 Å². The molecule has 0 N–H and O–H groups in total. The summed E-state index contributed by atoms with van der Waals surface area (Å²) in [5.74, 6) is 0. The van der Waals surface area contributed by atoms with Crippen molar-refractivity contribution in [1.82, 2.24) is 19.5 Å². The summed E-state index contributed by atoms with van der Waals surface area (Å²) < 4.78 is 7.57. The van der Waals surface area contributed by atoms with Gasteiger partial charge in [-0.05, 0) is 20.8 Å². The summed E-state index contributed by atoms with van der Waals surface area (Å²) in [5, 5.41) is 0. The maximum absolute atomic E-state index is 5.67. The van der Waals surface area contributed by atoms with E-state index < -0.39 is 0 Å². The van der Waals surface area contributed by atoms with Crippen molar-refractivity contribution in [3.05, 3.63) is 18.9 Å². The Morgan fingerprint density at radius 3 is 2.80 bits per heavy atom. The second kappa shape index (κ2) is 3.94. The number of aromatic nitrogens is 4. The van der Waals surface area contributed by atoms with Gasteiger partial charge in [-0.1, -0.05) is 0 Å². The van der Waals surface area contributed by atoms with Crippen LogP contribution in [0.5, 0.6) is 0 Å². The van der Waals surface area contributed by atoms with Gasteiger partial charge in [-0.2, -0.15) is 0 Å². The summed E-state index contributed by atoms with van der Waals surface area (Å²) in [7, 11) is 0. The van der Waals surface area contributed by atoms with Crippen molar-refractivity contribution in [2.24, 2.45) is 0 Å². The Hall–Kier alpha value is -1.49. The summed E-state index contributed by atoms with van der Waals surface area (Å²) in [6.07, 6.45) is 5.06. The molecule has 0 saturated heterocycles. The fraction of sp³-hybridized carbons (Fsp3) is 0.500. The van der Waals surface area contributed by atoms with Gasteiger partial charge in [0, 0.05) is 0 Å². The van der Waals surface area contributed by atoms with Gasteiger partial charge in [0.25, 0.3) is 0 Å². The number of imidazole rings is 1. The smallest absolute Gasteiger partial charge is 0.165 e. The average molecular weight is 206 g/mol. The molecule has 5 nitrogen and oxygen atoms in total. The maximum atomic E-state index is 5.67. The van der Waals surface area contributed by atoms with Crippen LogP contribution in [-0.4, -0.2) is 25.6 Å². The van der Waals surface area contributed by atoms with E-state index in [2.05, 4.69) is 15.0 Å². The third-order valence-corrected chi connectivity index (χ3v) is 2.10. The first-order chi connectivity index (χ1) is 7.18. The zero-order chi connectivity index (χ0) is 10.8. The molecule has 2 heterocycles. The molecule has 0 radical (unpaired) electrons. The molecular formula is C10H14N4O. The summed E-state index contributed by atoms with van der Waals surface area (Å²) in [6, 6.07) is 0. The molecule has 80 valence electrons. The van der Waals surface area contributed by atoms with Crippen LogP contribution < -0.4 is 0 Å². The van der Waals surface area contributed by atoms with Crippen molar-refractivity contribution in [2.45, 2.75) is 33.1 Å². The van der Waals surface area contributed by atoms with Crippen molar-refractivity contribution in [1.29, 1.82) is 0 Å². The molecule has 0 fully saturated rings. The highest BCUT2D eigenvalue weighted by Crippen LogP contribution is 2.16. The lowest BCUT2D eigenvalue weighted by molar-refractivity contribution is -0.0229. The lowest BCUT2D eigenvalue weighted by Crippen LogP contribution is -2.13. The Bertz CT molecular complexity index is 451. The largest absolute Gasteiger partial charge is 0.356 e. The van der Waals surface area contributed by atoms with Crippen molar-refractivity contribution in [3.8, 4) is 0 Å². The molecule has 0 amide bonds. The Kier molecular flexibility index (Phi) is 2.64. The second-order valence-electron chi connectivity index (χ2n) is 3.67. The first-order valence-corrected chi connectivity index (χ1v) is 4.96. The normalized spacial score (nSPS) is 13.6. The molecule has 15 heavy (non-hydrogen) atoms. The zero-order valence-electron chi connectivity index (χ0n) is 9.08. The van der Waals surface area contributed by atoms with Gasteiger partial charge < -0.3 is 4.74 Å². The van der Waals surface area contributed by atoms with Crippen molar-refractivity contribution in [2.75, 3.05) is 0 Å². The topological polar surface area (TPSA) is 52.8 Å². The summed E-state index contributed by atoms with van der Waals surface area (Å²) >= 11 is 0. The van der Waals surface area contributed by atoms with Gasteiger partial charge in [0.2, 0.25) is 0 Å². The van der Waals surface area contributed by atoms with Gasteiger partial charge in [-0.15, -0.1) is 0 Å². The number of fused-ring (bicyclic) bond motifs is 1. The van der Waals surface area contributed by atoms with E-state index >= 15 is 0 Å². The standard InChI is InChI=1S/C10H14N4O/c1-7(2)15-8(3)14-6-13-9-4-11-5-12-10(9)14/h4-8H,1-3H3. The number of ether oxygens (including phenoxy) is 1. The molecule has 0 bridgehead atoms. The van der Waals surface area contributed by atoms with Crippen molar-refractivity contribution < 1.29 is 4.74 Å². The third-order valence-electron chi connectivity index (χ3n) is 2.10. The molecule has 0 spiro atoms. The molecule has 0 saturated carbocycles. The first-order valence-electron chi connectivity index (χ1n) is 4.96. The summed E-state index contributed by atoms with van der Waals surface area (Å²) in [4.78, 5) is 12.3. The number of nitrogens with zero attached hydrogens (tertiary/aromatic N) is 4. The van der Waals surface area contributed by atoms with Crippen LogP contribution in [0.3, 0.4) is 0 Å². The summed E-state index contributed by atoms with van der Waals surface area (Å²) in [5.41, 5.74) is 1.59. The predicted molar refractivity (Wildman–Crippen MR) is 56.3 cm³/mol. The van der Waals surface area contributed by atoms with Gasteiger partial charge in [0.05, 0.1) is 18.6 Å². The van der Waals surface area contributed by atoms with E-state index in [1.165, 1.54) is 6.33 Å². The third kappa shape index (κ3) is 1.97. The zero-order valence-corrected chi connectivity index (χ0v) is 9.08. The quantitative estimate of drug-likeness (QED) is 0.768. The Morgan fingerprint density at radius 2 is 2.07 bits per heavy atom. The van der Waals surface area contributed by atoms with E-state index in [0.717, 1.165) is 11.2 Å². The van der Waals surface area contributed by atoms with Crippen LogP contribution >= 0.6 is 0 Å². The number of rotatable bonds is 3. The molecule has 1 unspecified atom stereocenters. The van der Waals surface area contributed by atoms with Gasteiger partial charge in [-0.25, -0.2) is 15.0 Å². The SMILES string of the molecule is CC(C)OC(C)n1cnc2cncnc21. The minimum absolute atomic E-state index is 0.0649.